The molecule has 2 N–H and O–H groups in total. The van der Waals surface area contributed by atoms with Gasteiger partial charge in [-0.05, 0) is 36.8 Å². The molecule has 1 atom stereocenters. The van der Waals surface area contributed by atoms with Gasteiger partial charge in [0.1, 0.15) is 5.82 Å². The Morgan fingerprint density at radius 1 is 1.15 bits per heavy atom. The predicted octanol–water partition coefficient (Wildman–Crippen LogP) is 3.12. The first kappa shape index (κ1) is 25.8. The summed E-state index contributed by atoms with van der Waals surface area (Å²) in [5, 5.41) is 2.62. The van der Waals surface area contributed by atoms with Crippen LogP contribution in [-0.2, 0) is 19.6 Å². The molecule has 2 amide bonds. The lowest BCUT2D eigenvalue weighted by Crippen LogP contribution is -2.49. The number of sulfonamides is 1. The van der Waals surface area contributed by atoms with E-state index in [1.165, 1.54) is 18.3 Å². The Bertz CT molecular complexity index is 1020. The van der Waals surface area contributed by atoms with Gasteiger partial charge in [-0.25, -0.2) is 18.2 Å². The van der Waals surface area contributed by atoms with Gasteiger partial charge in [-0.15, -0.1) is 0 Å². The fourth-order valence-corrected chi connectivity index (χ4v) is 4.35. The molecule has 2 fully saturated rings. The molecule has 3 rings (SSSR count). The number of likely N-dealkylation sites (tertiary alicyclic amines) is 1. The summed E-state index contributed by atoms with van der Waals surface area (Å²) in [5.41, 5.74) is -0.211. The first-order chi connectivity index (χ1) is 15.5. The van der Waals surface area contributed by atoms with Crippen molar-refractivity contribution in [3.05, 3.63) is 18.3 Å². The number of halogens is 6. The van der Waals surface area contributed by atoms with Crippen LogP contribution in [0.2, 0.25) is 0 Å². The van der Waals surface area contributed by atoms with Crippen molar-refractivity contribution in [2.75, 3.05) is 29.4 Å². The second-order valence-electron chi connectivity index (χ2n) is 8.25. The number of aromatic nitrogens is 1. The van der Waals surface area contributed by atoms with Crippen LogP contribution in [0.3, 0.4) is 0 Å². The Balaban J connectivity index is 1.52. The van der Waals surface area contributed by atoms with E-state index in [0.717, 1.165) is 11.2 Å². The number of rotatable bonds is 5. The topological polar surface area (TPSA) is 118 Å². The Kier molecular flexibility index (Phi) is 6.67. The van der Waals surface area contributed by atoms with E-state index in [4.69, 9.17) is 0 Å². The van der Waals surface area contributed by atoms with Gasteiger partial charge < -0.3 is 15.0 Å². The highest BCUT2D eigenvalue weighted by Gasteiger charge is 2.61. The lowest BCUT2D eigenvalue weighted by molar-refractivity contribution is -0.308. The number of piperidine rings is 1. The van der Waals surface area contributed by atoms with Crippen LogP contribution in [0.25, 0.3) is 0 Å². The zero-order valence-corrected chi connectivity index (χ0v) is 18.4. The first-order valence-electron chi connectivity index (χ1n) is 9.84. The van der Waals surface area contributed by atoms with Crippen molar-refractivity contribution in [3.63, 3.8) is 0 Å². The van der Waals surface area contributed by atoms with E-state index >= 15 is 0 Å². The van der Waals surface area contributed by atoms with Gasteiger partial charge in [-0.2, -0.15) is 26.3 Å². The van der Waals surface area contributed by atoms with Crippen LogP contribution < -0.4 is 10.0 Å². The van der Waals surface area contributed by atoms with Crippen molar-refractivity contribution >= 4 is 33.5 Å². The Morgan fingerprint density at radius 3 is 2.21 bits per heavy atom. The summed E-state index contributed by atoms with van der Waals surface area (Å²) in [4.78, 5) is 29.0. The summed E-state index contributed by atoms with van der Waals surface area (Å²) in [5.74, 6) is -0.769. The average Bonchev–Trinajstić information content (AvgIpc) is 3.38. The van der Waals surface area contributed by atoms with Crippen molar-refractivity contribution in [1.29, 1.82) is 0 Å². The van der Waals surface area contributed by atoms with Crippen molar-refractivity contribution < 1.29 is 49.1 Å². The van der Waals surface area contributed by atoms with Crippen molar-refractivity contribution in [1.82, 2.24) is 9.88 Å². The van der Waals surface area contributed by atoms with Crippen LogP contribution in [0.15, 0.2) is 18.3 Å². The molecule has 1 aromatic heterocycles. The van der Waals surface area contributed by atoms with Gasteiger partial charge in [0.25, 0.3) is 6.10 Å². The molecular formula is C18H20F6N4O5S. The zero-order valence-electron chi connectivity index (χ0n) is 17.5. The standard InChI is InChI=1S/C18H20F6N4O5S/c1-34(31,32)27-12-3-2-10(9-25-12)26-13(29)11-8-16(11)4-6-28(7-5-16)15(30)33-14(17(19,20)21)18(22,23)24/h2-3,9,11,14H,4-8H2,1H3,(H,25,27)(H,26,29)/t11-/m0/s1. The number of hydrogen-bond donors (Lipinski definition) is 2. The highest BCUT2D eigenvalue weighted by molar-refractivity contribution is 7.92. The minimum Gasteiger partial charge on any atom is -0.426 e. The molecule has 1 saturated carbocycles. The molecular weight excluding hydrogens is 498 g/mol. The highest BCUT2D eigenvalue weighted by Crippen LogP contribution is 2.59. The zero-order chi connectivity index (χ0) is 25.5. The molecule has 9 nitrogen and oxygen atoms in total. The Morgan fingerprint density at radius 2 is 1.74 bits per heavy atom. The summed E-state index contributed by atoms with van der Waals surface area (Å²) < 4.78 is 104. The molecule has 1 aliphatic carbocycles. The number of nitrogens with zero attached hydrogens (tertiary/aromatic N) is 2. The summed E-state index contributed by atoms with van der Waals surface area (Å²) in [6.45, 7) is -0.309. The molecule has 190 valence electrons. The second-order valence-corrected chi connectivity index (χ2v) is 10.00. The molecule has 16 heteroatoms. The van der Waals surface area contributed by atoms with E-state index in [1.54, 1.807) is 0 Å². The monoisotopic (exact) mass is 518 g/mol. The lowest BCUT2D eigenvalue weighted by atomic mass is 9.91. The minimum absolute atomic E-state index is 0.0564. The van der Waals surface area contributed by atoms with Gasteiger partial charge in [0.05, 0.1) is 18.1 Å². The molecule has 2 aliphatic rings. The smallest absolute Gasteiger partial charge is 0.426 e. The van der Waals surface area contributed by atoms with Crippen molar-refractivity contribution in [2.45, 2.75) is 37.7 Å². The maximum atomic E-state index is 12.6. The van der Waals surface area contributed by atoms with Crippen molar-refractivity contribution in [2.24, 2.45) is 11.3 Å². The quantitative estimate of drug-likeness (QED) is 0.579. The summed E-state index contributed by atoms with van der Waals surface area (Å²) in [6.07, 6.45) is -14.5. The average molecular weight is 518 g/mol. The van der Waals surface area contributed by atoms with Gasteiger partial charge in [0.2, 0.25) is 15.9 Å². The number of amides is 2. The largest absolute Gasteiger partial charge is 0.434 e. The van der Waals surface area contributed by atoms with E-state index in [9.17, 15) is 44.3 Å². The van der Waals surface area contributed by atoms with Crippen LogP contribution >= 0.6 is 0 Å². The molecule has 0 aromatic carbocycles. The predicted molar refractivity (Wildman–Crippen MR) is 105 cm³/mol. The molecule has 1 aliphatic heterocycles. The molecule has 0 bridgehead atoms. The first-order valence-corrected chi connectivity index (χ1v) is 11.7. The fourth-order valence-electron chi connectivity index (χ4n) is 3.85. The third-order valence-corrected chi connectivity index (χ3v) is 6.24. The fraction of sp³-hybridized carbons (Fsp3) is 0.611. The number of carbonyl (C=O) groups is 2. The van der Waals surface area contributed by atoms with Crippen LogP contribution in [0.1, 0.15) is 19.3 Å². The molecule has 1 aromatic rings. The van der Waals surface area contributed by atoms with E-state index in [0.29, 0.717) is 12.1 Å². The third kappa shape index (κ3) is 6.21. The van der Waals surface area contributed by atoms with Gasteiger partial charge in [-0.3, -0.25) is 9.52 Å². The molecule has 0 radical (unpaired) electrons. The number of hydrogen-bond acceptors (Lipinski definition) is 6. The highest BCUT2D eigenvalue weighted by atomic mass is 32.2. The van der Waals surface area contributed by atoms with Crippen LogP contribution in [0.5, 0.6) is 0 Å². The number of anilines is 2. The number of nitrogens with one attached hydrogen (secondary N) is 2. The van der Waals surface area contributed by atoms with Crippen LogP contribution in [0, 0.1) is 11.3 Å². The van der Waals surface area contributed by atoms with Gasteiger partial charge >= 0.3 is 18.4 Å². The van der Waals surface area contributed by atoms with E-state index in [1.807, 2.05) is 0 Å². The summed E-state index contributed by atoms with van der Waals surface area (Å²) >= 11 is 0. The Hall–Kier alpha value is -2.78. The second kappa shape index (κ2) is 8.78. The number of ether oxygens (including phenoxy) is 1. The molecule has 0 unspecified atom stereocenters. The SMILES string of the molecule is CS(=O)(=O)Nc1ccc(NC(=O)[C@@H]2CC23CCN(C(=O)OC(C(F)(F)F)C(F)(F)F)CC3)cn1. The number of alkyl halides is 6. The number of pyridine rings is 1. The lowest BCUT2D eigenvalue weighted by Gasteiger charge is -2.33. The number of carbonyl (C=O) groups excluding carboxylic acids is 2. The van der Waals surface area contributed by atoms with Crippen LogP contribution in [0.4, 0.5) is 42.6 Å². The minimum atomic E-state index is -5.79. The van der Waals surface area contributed by atoms with Crippen LogP contribution in [-0.4, -0.2) is 68.1 Å². The molecule has 1 saturated heterocycles. The molecule has 1 spiro atoms. The Labute approximate surface area is 189 Å². The maximum absolute atomic E-state index is 12.6. The van der Waals surface area contributed by atoms with E-state index < -0.39 is 45.9 Å². The van der Waals surface area contributed by atoms with Gasteiger partial charge in [0.15, 0.2) is 0 Å². The summed E-state index contributed by atoms with van der Waals surface area (Å²) in [7, 11) is -3.52. The van der Waals surface area contributed by atoms with Crippen molar-refractivity contribution in [3.8, 4) is 0 Å². The van der Waals surface area contributed by atoms with Gasteiger partial charge in [0, 0.05) is 19.0 Å². The maximum Gasteiger partial charge on any atom is 0.434 e. The normalized spacial score (nSPS) is 20.2. The van der Waals surface area contributed by atoms with E-state index in [-0.39, 0.29) is 37.7 Å². The van der Waals surface area contributed by atoms with E-state index in [2.05, 4.69) is 19.8 Å². The summed E-state index contributed by atoms with van der Waals surface area (Å²) in [6, 6.07) is 2.78. The third-order valence-electron chi connectivity index (χ3n) is 5.66. The molecule has 34 heavy (non-hydrogen) atoms. The van der Waals surface area contributed by atoms with Gasteiger partial charge in [-0.1, -0.05) is 0 Å². The molecule has 2 heterocycles.